The molecule has 2 N–H and O–H groups in total. The van der Waals surface area contributed by atoms with E-state index in [0.29, 0.717) is 17.2 Å². The van der Waals surface area contributed by atoms with Crippen molar-refractivity contribution < 1.29 is 9.53 Å². The maximum Gasteiger partial charge on any atom is 0.273 e. The topological polar surface area (TPSA) is 70.2 Å². The van der Waals surface area contributed by atoms with Crippen LogP contribution >= 0.6 is 11.6 Å². The van der Waals surface area contributed by atoms with E-state index in [4.69, 9.17) is 16.3 Å². The maximum absolute atomic E-state index is 12.3. The number of nitrogens with zero attached hydrogens (tertiary/aromatic N) is 2. The summed E-state index contributed by atoms with van der Waals surface area (Å²) in [4.78, 5) is 14.8. The normalized spacial score (nSPS) is 32.0. The zero-order valence-corrected chi connectivity index (χ0v) is 13.4. The van der Waals surface area contributed by atoms with Gasteiger partial charge in [-0.25, -0.2) is 0 Å². The SMILES string of the molecule is Cc1[nH]nc(C(=O)N[C@H]2C[C@H]3CO[C@@H](C4CC4)CN3C2)c1Cl. The van der Waals surface area contributed by atoms with Gasteiger partial charge in [0.15, 0.2) is 5.69 Å². The number of halogens is 1. The van der Waals surface area contributed by atoms with Crippen LogP contribution in [0.15, 0.2) is 0 Å². The average molecular weight is 325 g/mol. The van der Waals surface area contributed by atoms with Crippen LogP contribution in [0.2, 0.25) is 5.02 Å². The molecule has 7 heteroatoms. The van der Waals surface area contributed by atoms with Crippen LogP contribution in [0.1, 0.15) is 35.4 Å². The van der Waals surface area contributed by atoms with Gasteiger partial charge in [-0.3, -0.25) is 14.8 Å². The lowest BCUT2D eigenvalue weighted by Crippen LogP contribution is -2.47. The van der Waals surface area contributed by atoms with Crippen molar-refractivity contribution in [3.8, 4) is 0 Å². The Balaban J connectivity index is 1.36. The number of amides is 1. The molecule has 3 atom stereocenters. The van der Waals surface area contributed by atoms with E-state index >= 15 is 0 Å². The van der Waals surface area contributed by atoms with Crippen LogP contribution in [0, 0.1) is 12.8 Å². The molecule has 3 fully saturated rings. The van der Waals surface area contributed by atoms with Crippen molar-refractivity contribution in [1.29, 1.82) is 0 Å². The minimum Gasteiger partial charge on any atom is -0.375 e. The third-order valence-electron chi connectivity index (χ3n) is 5.02. The van der Waals surface area contributed by atoms with Crippen molar-refractivity contribution in [2.75, 3.05) is 19.7 Å². The zero-order valence-electron chi connectivity index (χ0n) is 12.6. The van der Waals surface area contributed by atoms with E-state index in [2.05, 4.69) is 20.4 Å². The van der Waals surface area contributed by atoms with Gasteiger partial charge in [-0.15, -0.1) is 0 Å². The zero-order chi connectivity index (χ0) is 15.3. The predicted molar refractivity (Wildman–Crippen MR) is 82.0 cm³/mol. The van der Waals surface area contributed by atoms with E-state index in [9.17, 15) is 4.79 Å². The lowest BCUT2D eigenvalue weighted by atomic mass is 10.1. The second-order valence-corrected chi connectivity index (χ2v) is 7.11. The lowest BCUT2D eigenvalue weighted by molar-refractivity contribution is -0.0581. The number of aromatic amines is 1. The fourth-order valence-corrected chi connectivity index (χ4v) is 3.75. The monoisotopic (exact) mass is 324 g/mol. The first kappa shape index (κ1) is 14.5. The van der Waals surface area contributed by atoms with Crippen LogP contribution in [0.3, 0.4) is 0 Å². The molecule has 6 nitrogen and oxygen atoms in total. The summed E-state index contributed by atoms with van der Waals surface area (Å²) in [7, 11) is 0. The molecule has 1 aliphatic carbocycles. The first-order valence-corrected chi connectivity index (χ1v) is 8.36. The first-order valence-electron chi connectivity index (χ1n) is 7.99. The Hall–Kier alpha value is -1.11. The van der Waals surface area contributed by atoms with Gasteiger partial charge in [-0.1, -0.05) is 11.6 Å². The minimum absolute atomic E-state index is 0.145. The van der Waals surface area contributed by atoms with E-state index in [0.717, 1.165) is 37.7 Å². The summed E-state index contributed by atoms with van der Waals surface area (Å²) in [5.41, 5.74) is 1.01. The van der Waals surface area contributed by atoms with E-state index in [-0.39, 0.29) is 17.6 Å². The molecule has 1 saturated carbocycles. The third-order valence-corrected chi connectivity index (χ3v) is 5.48. The highest BCUT2D eigenvalue weighted by molar-refractivity contribution is 6.34. The van der Waals surface area contributed by atoms with Gasteiger partial charge in [-0.05, 0) is 32.1 Å². The van der Waals surface area contributed by atoms with Gasteiger partial charge >= 0.3 is 0 Å². The van der Waals surface area contributed by atoms with Crippen LogP contribution in [0.5, 0.6) is 0 Å². The Morgan fingerprint density at radius 3 is 2.95 bits per heavy atom. The number of carbonyl (C=O) groups excluding carboxylic acids is 1. The Kier molecular flexibility index (Phi) is 3.63. The van der Waals surface area contributed by atoms with Gasteiger partial charge < -0.3 is 10.1 Å². The molecule has 0 radical (unpaired) electrons. The van der Waals surface area contributed by atoms with Gasteiger partial charge in [-0.2, -0.15) is 5.10 Å². The second kappa shape index (κ2) is 5.51. The molecule has 1 aromatic rings. The highest BCUT2D eigenvalue weighted by Gasteiger charge is 2.42. The molecule has 0 spiro atoms. The number of morpholine rings is 1. The molecule has 2 saturated heterocycles. The quantitative estimate of drug-likeness (QED) is 0.880. The summed E-state index contributed by atoms with van der Waals surface area (Å²) in [5.74, 6) is 0.569. The molecule has 4 rings (SSSR count). The number of hydrogen-bond acceptors (Lipinski definition) is 4. The summed E-state index contributed by atoms with van der Waals surface area (Å²) in [6.07, 6.45) is 3.94. The summed E-state index contributed by atoms with van der Waals surface area (Å²) < 4.78 is 5.98. The van der Waals surface area contributed by atoms with Gasteiger partial charge in [0.1, 0.15) is 0 Å². The van der Waals surface area contributed by atoms with E-state index in [1.807, 2.05) is 0 Å². The number of ether oxygens (including phenoxy) is 1. The Bertz CT molecular complexity index is 586. The summed E-state index contributed by atoms with van der Waals surface area (Å²) >= 11 is 6.09. The standard InChI is InChI=1S/C15H21ClN4O2/c1-8-13(16)14(19-18-8)15(21)17-10-4-11-7-22-12(9-2-3-9)6-20(11)5-10/h9-12H,2-7H2,1H3,(H,17,21)(H,18,19)/t10-,11-,12+/m0/s1. The average Bonchev–Trinajstić information content (AvgIpc) is 3.19. The van der Waals surface area contributed by atoms with Crippen LogP contribution in [0.25, 0.3) is 0 Å². The molecule has 0 bridgehead atoms. The van der Waals surface area contributed by atoms with Gasteiger partial charge in [0.2, 0.25) is 0 Å². The Morgan fingerprint density at radius 2 is 2.27 bits per heavy atom. The molecule has 0 aromatic carbocycles. The van der Waals surface area contributed by atoms with Gasteiger partial charge in [0, 0.05) is 25.2 Å². The Morgan fingerprint density at radius 1 is 1.45 bits per heavy atom. The highest BCUT2D eigenvalue weighted by Crippen LogP contribution is 2.37. The third kappa shape index (κ3) is 2.64. The number of aromatic nitrogens is 2. The predicted octanol–water partition coefficient (Wildman–Crippen LogP) is 1.35. The number of H-pyrrole nitrogens is 1. The van der Waals surface area contributed by atoms with Crippen molar-refractivity contribution in [3.05, 3.63) is 16.4 Å². The number of aryl methyl sites for hydroxylation is 1. The second-order valence-electron chi connectivity index (χ2n) is 6.73. The van der Waals surface area contributed by atoms with Crippen LogP contribution < -0.4 is 5.32 Å². The lowest BCUT2D eigenvalue weighted by Gasteiger charge is -2.35. The fourth-order valence-electron chi connectivity index (χ4n) is 3.58. The van der Waals surface area contributed by atoms with Crippen LogP contribution in [-0.2, 0) is 4.74 Å². The summed E-state index contributed by atoms with van der Waals surface area (Å²) in [5, 5.41) is 10.2. The number of nitrogens with one attached hydrogen (secondary N) is 2. The fraction of sp³-hybridized carbons (Fsp3) is 0.733. The molecule has 0 unspecified atom stereocenters. The van der Waals surface area contributed by atoms with Crippen molar-refractivity contribution in [2.24, 2.45) is 5.92 Å². The minimum atomic E-state index is -0.196. The number of hydrogen-bond donors (Lipinski definition) is 2. The number of fused-ring (bicyclic) bond motifs is 1. The number of rotatable bonds is 3. The molecule has 1 aromatic heterocycles. The molecule has 22 heavy (non-hydrogen) atoms. The van der Waals surface area contributed by atoms with Crippen molar-refractivity contribution in [2.45, 2.75) is 44.4 Å². The highest BCUT2D eigenvalue weighted by atomic mass is 35.5. The molecular weight excluding hydrogens is 304 g/mol. The molecule has 3 heterocycles. The molecule has 120 valence electrons. The van der Waals surface area contributed by atoms with E-state index < -0.39 is 0 Å². The van der Waals surface area contributed by atoms with Crippen molar-refractivity contribution in [1.82, 2.24) is 20.4 Å². The molecule has 1 amide bonds. The summed E-state index contributed by atoms with van der Waals surface area (Å²) in [6, 6.07) is 0.573. The van der Waals surface area contributed by atoms with E-state index in [1.165, 1.54) is 12.8 Å². The molecule has 2 aliphatic heterocycles. The van der Waals surface area contributed by atoms with Gasteiger partial charge in [0.25, 0.3) is 5.91 Å². The van der Waals surface area contributed by atoms with Crippen LogP contribution in [0.4, 0.5) is 0 Å². The molecular formula is C15H21ClN4O2. The largest absolute Gasteiger partial charge is 0.375 e. The van der Waals surface area contributed by atoms with Crippen molar-refractivity contribution >= 4 is 17.5 Å². The van der Waals surface area contributed by atoms with Crippen LogP contribution in [-0.4, -0.2) is 58.9 Å². The van der Waals surface area contributed by atoms with E-state index in [1.54, 1.807) is 6.92 Å². The molecule has 3 aliphatic rings. The van der Waals surface area contributed by atoms with Gasteiger partial charge in [0.05, 0.1) is 23.4 Å². The van der Waals surface area contributed by atoms with Crippen molar-refractivity contribution in [3.63, 3.8) is 0 Å². The Labute approximate surface area is 134 Å². The number of carbonyl (C=O) groups is 1. The summed E-state index contributed by atoms with van der Waals surface area (Å²) in [6.45, 7) is 4.49. The smallest absolute Gasteiger partial charge is 0.273 e. The first-order chi connectivity index (χ1) is 10.6. The maximum atomic E-state index is 12.3.